The van der Waals surface area contributed by atoms with Gasteiger partial charge in [0.2, 0.25) is 5.91 Å². The van der Waals surface area contributed by atoms with E-state index < -0.39 is 5.97 Å². The summed E-state index contributed by atoms with van der Waals surface area (Å²) in [5.74, 6) is -0.159. The Bertz CT molecular complexity index is 1180. The number of benzene rings is 3. The zero-order chi connectivity index (χ0) is 24.1. The van der Waals surface area contributed by atoms with Gasteiger partial charge in [-0.25, -0.2) is 4.79 Å². The van der Waals surface area contributed by atoms with Crippen molar-refractivity contribution in [3.05, 3.63) is 100 Å². The van der Waals surface area contributed by atoms with Crippen molar-refractivity contribution in [2.24, 2.45) is 0 Å². The molecule has 8 heteroatoms. The summed E-state index contributed by atoms with van der Waals surface area (Å²) in [6, 6.07) is 21.3. The maximum absolute atomic E-state index is 12.7. The number of amides is 2. The maximum atomic E-state index is 12.7. The van der Waals surface area contributed by atoms with Crippen LogP contribution in [0.15, 0.2) is 72.8 Å². The van der Waals surface area contributed by atoms with E-state index in [0.717, 1.165) is 11.1 Å². The second-order valence-electron chi connectivity index (χ2n) is 7.69. The van der Waals surface area contributed by atoms with E-state index in [4.69, 9.17) is 16.3 Å². The van der Waals surface area contributed by atoms with E-state index in [2.05, 4.69) is 5.32 Å². The van der Waals surface area contributed by atoms with Gasteiger partial charge in [0.15, 0.2) is 0 Å². The Labute approximate surface area is 207 Å². The van der Waals surface area contributed by atoms with Crippen LogP contribution in [-0.2, 0) is 16.1 Å². The number of esters is 1. The molecule has 2 amide bonds. The molecule has 0 aliphatic carbocycles. The minimum Gasteiger partial charge on any atom is -0.462 e. The van der Waals surface area contributed by atoms with Gasteiger partial charge >= 0.3 is 5.97 Å². The van der Waals surface area contributed by atoms with Crippen molar-refractivity contribution in [2.75, 3.05) is 17.7 Å². The topological polar surface area (TPSA) is 75.7 Å². The molecular weight excluding hydrogens is 472 g/mol. The van der Waals surface area contributed by atoms with Gasteiger partial charge in [-0.15, -0.1) is 11.8 Å². The zero-order valence-electron chi connectivity index (χ0n) is 18.5. The number of thioether (sulfide) groups is 1. The summed E-state index contributed by atoms with van der Waals surface area (Å²) in [6.07, 6.45) is 0. The van der Waals surface area contributed by atoms with Gasteiger partial charge < -0.3 is 15.0 Å². The summed E-state index contributed by atoms with van der Waals surface area (Å²) in [4.78, 5) is 38.8. The van der Waals surface area contributed by atoms with Crippen LogP contribution in [0.1, 0.15) is 44.1 Å². The lowest BCUT2D eigenvalue weighted by molar-refractivity contribution is -0.128. The fourth-order valence-electron chi connectivity index (χ4n) is 3.59. The number of hydrogen-bond acceptors (Lipinski definition) is 5. The molecule has 1 aliphatic heterocycles. The van der Waals surface area contributed by atoms with E-state index in [1.54, 1.807) is 55.1 Å². The molecule has 3 aromatic rings. The van der Waals surface area contributed by atoms with E-state index in [-0.39, 0.29) is 17.2 Å². The molecule has 1 saturated heterocycles. The number of anilines is 1. The molecule has 1 atom stereocenters. The van der Waals surface area contributed by atoms with Crippen molar-refractivity contribution in [3.63, 3.8) is 0 Å². The Balaban J connectivity index is 1.41. The highest BCUT2D eigenvalue weighted by atomic mass is 35.5. The molecule has 4 rings (SSSR count). The maximum Gasteiger partial charge on any atom is 0.338 e. The summed E-state index contributed by atoms with van der Waals surface area (Å²) < 4.78 is 4.97. The average Bonchev–Trinajstić information content (AvgIpc) is 3.21. The third-order valence-electron chi connectivity index (χ3n) is 5.35. The van der Waals surface area contributed by atoms with E-state index in [0.29, 0.717) is 40.7 Å². The van der Waals surface area contributed by atoms with Crippen LogP contribution in [-0.4, -0.2) is 35.0 Å². The van der Waals surface area contributed by atoms with Crippen LogP contribution in [0, 0.1) is 0 Å². The summed E-state index contributed by atoms with van der Waals surface area (Å²) in [6.45, 7) is 2.55. The van der Waals surface area contributed by atoms with Crippen LogP contribution in [0.3, 0.4) is 0 Å². The van der Waals surface area contributed by atoms with Crippen LogP contribution in [0.4, 0.5) is 5.69 Å². The van der Waals surface area contributed by atoms with E-state index >= 15 is 0 Å². The van der Waals surface area contributed by atoms with Gasteiger partial charge in [0.05, 0.1) is 17.9 Å². The number of carbonyl (C=O) groups excluding carboxylic acids is 3. The van der Waals surface area contributed by atoms with Crippen molar-refractivity contribution in [1.82, 2.24) is 4.90 Å². The molecule has 0 saturated carbocycles. The van der Waals surface area contributed by atoms with Gasteiger partial charge in [0.1, 0.15) is 5.37 Å². The third kappa shape index (κ3) is 5.61. The first-order valence-corrected chi connectivity index (χ1v) is 12.2. The standard InChI is InChI=1S/C26H23ClN2O4S/c1-2-33-26(32)20-9-13-22(14-10-20)28-24(31)18-5-7-19(8-6-18)25-29(23(30)16-34-25)15-17-3-11-21(27)12-4-17/h3-14,25H,2,15-16H2,1H3,(H,28,31)/t25-/m1/s1. The van der Waals surface area contributed by atoms with Crippen LogP contribution >= 0.6 is 23.4 Å². The quantitative estimate of drug-likeness (QED) is 0.436. The van der Waals surface area contributed by atoms with Crippen LogP contribution in [0.2, 0.25) is 5.02 Å². The number of carbonyl (C=O) groups is 3. The van der Waals surface area contributed by atoms with Crippen LogP contribution in [0.5, 0.6) is 0 Å². The summed E-state index contributed by atoms with van der Waals surface area (Å²) in [5, 5.41) is 3.37. The largest absolute Gasteiger partial charge is 0.462 e. The molecule has 0 radical (unpaired) electrons. The predicted octanol–water partition coefficient (Wildman–Crippen LogP) is 5.54. The number of rotatable bonds is 7. The zero-order valence-corrected chi connectivity index (χ0v) is 20.1. The van der Waals surface area contributed by atoms with Crippen LogP contribution < -0.4 is 5.32 Å². The van der Waals surface area contributed by atoms with Gasteiger partial charge in [-0.1, -0.05) is 35.9 Å². The highest BCUT2D eigenvalue weighted by Crippen LogP contribution is 2.39. The minimum atomic E-state index is -0.399. The van der Waals surface area contributed by atoms with Crippen molar-refractivity contribution in [1.29, 1.82) is 0 Å². The van der Waals surface area contributed by atoms with Crippen LogP contribution in [0.25, 0.3) is 0 Å². The molecule has 6 nitrogen and oxygen atoms in total. The molecule has 1 N–H and O–H groups in total. The van der Waals surface area contributed by atoms with Gasteiger partial charge in [-0.2, -0.15) is 0 Å². The average molecular weight is 495 g/mol. The van der Waals surface area contributed by atoms with E-state index in [1.165, 1.54) is 0 Å². The number of nitrogens with zero attached hydrogens (tertiary/aromatic N) is 1. The number of hydrogen-bond donors (Lipinski definition) is 1. The monoisotopic (exact) mass is 494 g/mol. The lowest BCUT2D eigenvalue weighted by Gasteiger charge is -2.24. The van der Waals surface area contributed by atoms with Gasteiger partial charge in [-0.05, 0) is 66.6 Å². The van der Waals surface area contributed by atoms with Gasteiger partial charge in [-0.3, -0.25) is 9.59 Å². The van der Waals surface area contributed by atoms with Crippen molar-refractivity contribution in [2.45, 2.75) is 18.8 Å². The molecule has 34 heavy (non-hydrogen) atoms. The lowest BCUT2D eigenvalue weighted by Crippen LogP contribution is -2.27. The summed E-state index contributed by atoms with van der Waals surface area (Å²) in [7, 11) is 0. The second-order valence-corrected chi connectivity index (χ2v) is 9.19. The van der Waals surface area contributed by atoms with Crippen molar-refractivity contribution < 1.29 is 19.1 Å². The third-order valence-corrected chi connectivity index (χ3v) is 6.85. The molecule has 0 unspecified atom stereocenters. The summed E-state index contributed by atoms with van der Waals surface area (Å²) in [5.41, 5.74) is 3.47. The first kappa shape index (κ1) is 23.9. The molecule has 0 bridgehead atoms. The molecular formula is C26H23ClN2O4S. The SMILES string of the molecule is CCOC(=O)c1ccc(NC(=O)c2ccc([C@H]3SCC(=O)N3Cc3ccc(Cl)cc3)cc2)cc1. The molecule has 174 valence electrons. The molecule has 0 spiro atoms. The highest BCUT2D eigenvalue weighted by molar-refractivity contribution is 8.00. The first-order valence-electron chi connectivity index (χ1n) is 10.8. The Hall–Kier alpha value is -3.29. The molecule has 1 fully saturated rings. The number of nitrogens with one attached hydrogen (secondary N) is 1. The molecule has 1 heterocycles. The fraction of sp³-hybridized carbons (Fsp3) is 0.192. The Morgan fingerprint density at radius 3 is 2.29 bits per heavy atom. The van der Waals surface area contributed by atoms with Gasteiger partial charge in [0, 0.05) is 22.8 Å². The Morgan fingerprint density at radius 2 is 1.65 bits per heavy atom. The van der Waals surface area contributed by atoms with Crippen molar-refractivity contribution in [3.8, 4) is 0 Å². The molecule has 3 aromatic carbocycles. The molecule has 1 aliphatic rings. The first-order chi connectivity index (χ1) is 16.4. The smallest absolute Gasteiger partial charge is 0.338 e. The fourth-order valence-corrected chi connectivity index (χ4v) is 4.91. The normalized spacial score (nSPS) is 15.3. The van der Waals surface area contributed by atoms with Crippen molar-refractivity contribution >= 4 is 46.8 Å². The lowest BCUT2D eigenvalue weighted by atomic mass is 10.1. The Kier molecular flexibility index (Phi) is 7.55. The van der Waals surface area contributed by atoms with E-state index in [9.17, 15) is 14.4 Å². The second kappa shape index (κ2) is 10.8. The van der Waals surface area contributed by atoms with E-state index in [1.807, 2.05) is 41.3 Å². The van der Waals surface area contributed by atoms with Gasteiger partial charge in [0.25, 0.3) is 5.91 Å². The summed E-state index contributed by atoms with van der Waals surface area (Å²) >= 11 is 7.54. The molecule has 0 aromatic heterocycles. The highest BCUT2D eigenvalue weighted by Gasteiger charge is 2.32. The number of halogens is 1. The predicted molar refractivity (Wildman–Crippen MR) is 134 cm³/mol. The Morgan fingerprint density at radius 1 is 1.00 bits per heavy atom. The minimum absolute atomic E-state index is 0.0815. The number of ether oxygens (including phenoxy) is 1.